The maximum Gasteiger partial charge on any atom is 0.320 e. The van der Waals surface area contributed by atoms with E-state index in [1.807, 2.05) is 0 Å². The van der Waals surface area contributed by atoms with Gasteiger partial charge < -0.3 is 30.0 Å². The van der Waals surface area contributed by atoms with Crippen LogP contribution in [0.25, 0.3) is 0 Å². The molecule has 0 amide bonds. The Morgan fingerprint density at radius 3 is 1.56 bits per heavy atom. The lowest BCUT2D eigenvalue weighted by molar-refractivity contribution is -0.147. The molecule has 1 aromatic rings. The second-order valence-electron chi connectivity index (χ2n) is 9.51. The van der Waals surface area contributed by atoms with Crippen LogP contribution in [0.15, 0.2) is 18.2 Å². The molecular weight excluding hydrogens is 512 g/mol. The van der Waals surface area contributed by atoms with Crippen LogP contribution in [0.5, 0.6) is 0 Å². The number of carboxylic acids is 3. The Morgan fingerprint density at radius 2 is 1.15 bits per heavy atom. The minimum atomic E-state index is -1.14. The third kappa shape index (κ3) is 10.1. The van der Waals surface area contributed by atoms with Gasteiger partial charge in [-0.25, -0.2) is 0 Å². The maximum absolute atomic E-state index is 12.2. The van der Waals surface area contributed by atoms with Crippen molar-refractivity contribution >= 4 is 30.5 Å². The van der Waals surface area contributed by atoms with Crippen LogP contribution in [0.3, 0.4) is 0 Å². The van der Waals surface area contributed by atoms with Crippen molar-refractivity contribution in [3.8, 4) is 0 Å². The molecule has 0 fully saturated rings. The van der Waals surface area contributed by atoms with Crippen molar-refractivity contribution in [3.05, 3.63) is 29.6 Å². The van der Waals surface area contributed by atoms with Crippen molar-refractivity contribution in [2.45, 2.75) is 69.7 Å². The molecule has 13 heteroatoms. The van der Waals surface area contributed by atoms with Gasteiger partial charge in [0.05, 0.1) is 11.4 Å². The first kappa shape index (κ1) is 32.0. The number of carboxylic acid groups (broad SMARTS) is 3. The Morgan fingerprint density at radius 1 is 0.744 bits per heavy atom. The van der Waals surface area contributed by atoms with Gasteiger partial charge in [0, 0.05) is 58.7 Å². The van der Waals surface area contributed by atoms with Crippen molar-refractivity contribution in [1.29, 1.82) is 0 Å². The highest BCUT2D eigenvalue weighted by atomic mass is 16.4. The Bertz CT molecular complexity index is 977. The standard InChI is InChI=1S/C26H38N4O9/c31-14-2-7-21(24(34)35)28-10-12-29(22(25(36)37)8-3-15-32)17-19-5-1-6-20(27-19)18-30(13-11-28)23(26(38)39)9-4-16-33/h1,5-6,14-15,21-23,33H,2-4,7-13,16-18H2,(H,34,35)(H,36,37)(H,38,39). The van der Waals surface area contributed by atoms with Crippen LogP contribution in [-0.4, -0.2) is 122 Å². The van der Waals surface area contributed by atoms with Crippen LogP contribution < -0.4 is 0 Å². The van der Waals surface area contributed by atoms with E-state index in [2.05, 4.69) is 4.98 Å². The predicted molar refractivity (Wildman–Crippen MR) is 138 cm³/mol. The number of aliphatic carboxylic acids is 3. The normalized spacial score (nSPS) is 18.2. The van der Waals surface area contributed by atoms with Crippen LogP contribution in [-0.2, 0) is 37.1 Å². The number of aliphatic hydroxyl groups is 1. The Hall–Kier alpha value is -3.26. The molecule has 0 saturated heterocycles. The smallest absolute Gasteiger partial charge is 0.320 e. The molecule has 4 N–H and O–H groups in total. The summed E-state index contributed by atoms with van der Waals surface area (Å²) >= 11 is 0. The molecule has 2 bridgehead atoms. The van der Waals surface area contributed by atoms with Crippen LogP contribution in [0.2, 0.25) is 0 Å². The Kier molecular flexibility index (Phi) is 13.6. The second kappa shape index (κ2) is 16.6. The first-order chi connectivity index (χ1) is 18.7. The van der Waals surface area contributed by atoms with Gasteiger partial charge in [0.15, 0.2) is 0 Å². The Labute approximate surface area is 227 Å². The molecule has 39 heavy (non-hydrogen) atoms. The average molecular weight is 551 g/mol. The highest BCUT2D eigenvalue weighted by Gasteiger charge is 2.32. The fourth-order valence-electron chi connectivity index (χ4n) is 4.87. The van der Waals surface area contributed by atoms with E-state index in [-0.39, 0.29) is 84.4 Å². The lowest BCUT2D eigenvalue weighted by Crippen LogP contribution is -2.52. The third-order valence-electron chi connectivity index (χ3n) is 6.87. The number of pyridine rings is 1. The van der Waals surface area contributed by atoms with Gasteiger partial charge in [0.2, 0.25) is 0 Å². The van der Waals surface area contributed by atoms with E-state index in [9.17, 15) is 44.4 Å². The molecule has 0 aromatic carbocycles. The summed E-state index contributed by atoms with van der Waals surface area (Å²) < 4.78 is 0. The van der Waals surface area contributed by atoms with Crippen LogP contribution in [0.1, 0.15) is 49.9 Å². The maximum atomic E-state index is 12.2. The average Bonchev–Trinajstić information content (AvgIpc) is 2.88. The minimum Gasteiger partial charge on any atom is -0.480 e. The van der Waals surface area contributed by atoms with Gasteiger partial charge in [-0.3, -0.25) is 34.1 Å². The van der Waals surface area contributed by atoms with Gasteiger partial charge in [0.25, 0.3) is 0 Å². The lowest BCUT2D eigenvalue weighted by Gasteiger charge is -2.36. The molecule has 3 unspecified atom stereocenters. The van der Waals surface area contributed by atoms with Gasteiger partial charge in [0.1, 0.15) is 30.7 Å². The fraction of sp³-hybridized carbons (Fsp3) is 0.615. The number of carbonyl (C=O) groups excluding carboxylic acids is 2. The van der Waals surface area contributed by atoms with Crippen molar-refractivity contribution < 1.29 is 44.4 Å². The van der Waals surface area contributed by atoms with E-state index in [1.54, 1.807) is 32.9 Å². The molecular formula is C26H38N4O9. The molecule has 1 aliphatic heterocycles. The summed E-state index contributed by atoms with van der Waals surface area (Å²) in [5.74, 6) is -3.32. The number of aromatic nitrogens is 1. The highest BCUT2D eigenvalue weighted by molar-refractivity contribution is 5.75. The molecule has 2 rings (SSSR count). The molecule has 3 atom stereocenters. The molecule has 0 saturated carbocycles. The number of rotatable bonds is 15. The molecule has 0 aliphatic carbocycles. The summed E-state index contributed by atoms with van der Waals surface area (Å²) in [7, 11) is 0. The van der Waals surface area contributed by atoms with Gasteiger partial charge in [-0.15, -0.1) is 0 Å². The third-order valence-corrected chi connectivity index (χ3v) is 6.87. The van der Waals surface area contributed by atoms with Crippen molar-refractivity contribution in [2.75, 3.05) is 32.8 Å². The van der Waals surface area contributed by atoms with Gasteiger partial charge in [-0.2, -0.15) is 0 Å². The monoisotopic (exact) mass is 550 g/mol. The zero-order chi connectivity index (χ0) is 28.8. The summed E-state index contributed by atoms with van der Waals surface area (Å²) in [6.07, 6.45) is 1.92. The van der Waals surface area contributed by atoms with Crippen LogP contribution in [0, 0.1) is 0 Å². The quantitative estimate of drug-likeness (QED) is 0.215. The van der Waals surface area contributed by atoms with E-state index >= 15 is 0 Å². The summed E-state index contributed by atoms with van der Waals surface area (Å²) in [6.45, 7) is 0.655. The van der Waals surface area contributed by atoms with E-state index < -0.39 is 36.0 Å². The fourth-order valence-corrected chi connectivity index (χ4v) is 4.87. The number of nitrogens with zero attached hydrogens (tertiary/aromatic N) is 4. The predicted octanol–water partition coefficient (Wildman–Crippen LogP) is 0.0915. The highest BCUT2D eigenvalue weighted by Crippen LogP contribution is 2.18. The zero-order valence-corrected chi connectivity index (χ0v) is 21.9. The largest absolute Gasteiger partial charge is 0.480 e. The lowest BCUT2D eigenvalue weighted by atomic mass is 10.1. The molecule has 216 valence electrons. The summed E-state index contributed by atoms with van der Waals surface area (Å²) in [5, 5.41) is 39.1. The van der Waals surface area contributed by atoms with E-state index in [0.29, 0.717) is 24.0 Å². The number of hydrogen-bond donors (Lipinski definition) is 4. The second-order valence-corrected chi connectivity index (χ2v) is 9.51. The van der Waals surface area contributed by atoms with Gasteiger partial charge in [-0.05, 0) is 37.8 Å². The SMILES string of the molecule is O=CCCC(C(=O)O)N1CCN(C(CCC=O)C(=O)O)Cc2cccc(n2)CN(C(CCCO)C(=O)O)CC1. The van der Waals surface area contributed by atoms with Crippen LogP contribution >= 0.6 is 0 Å². The van der Waals surface area contributed by atoms with Gasteiger partial charge in [-0.1, -0.05) is 6.07 Å². The number of hydrogen-bond acceptors (Lipinski definition) is 10. The van der Waals surface area contributed by atoms with E-state index in [1.165, 1.54) is 0 Å². The molecule has 0 radical (unpaired) electrons. The number of carbonyl (C=O) groups is 5. The summed E-state index contributed by atoms with van der Waals surface area (Å²) in [5.41, 5.74) is 1.11. The molecule has 13 nitrogen and oxygen atoms in total. The van der Waals surface area contributed by atoms with Crippen molar-refractivity contribution in [2.24, 2.45) is 0 Å². The number of fused-ring (bicyclic) bond motifs is 2. The number of aliphatic hydroxyl groups excluding tert-OH is 1. The summed E-state index contributed by atoms with van der Waals surface area (Å²) in [6, 6.07) is 2.24. The first-order valence-electron chi connectivity index (χ1n) is 13.0. The van der Waals surface area contributed by atoms with Gasteiger partial charge >= 0.3 is 17.9 Å². The van der Waals surface area contributed by atoms with Crippen LogP contribution in [0.4, 0.5) is 0 Å². The molecule has 2 heterocycles. The van der Waals surface area contributed by atoms with Crippen molar-refractivity contribution in [3.63, 3.8) is 0 Å². The first-order valence-corrected chi connectivity index (χ1v) is 13.0. The topological polar surface area (TPSA) is 189 Å². The number of aldehydes is 2. The minimum absolute atomic E-state index is 0.0146. The molecule has 0 spiro atoms. The van der Waals surface area contributed by atoms with E-state index in [0.717, 1.165) is 0 Å². The van der Waals surface area contributed by atoms with E-state index in [4.69, 9.17) is 0 Å². The van der Waals surface area contributed by atoms with Crippen molar-refractivity contribution in [1.82, 2.24) is 19.7 Å². The molecule has 1 aromatic heterocycles. The summed E-state index contributed by atoms with van der Waals surface area (Å²) in [4.78, 5) is 68.1. The Balaban J connectivity index is 2.52. The molecule has 1 aliphatic rings. The zero-order valence-electron chi connectivity index (χ0n) is 21.9.